The summed E-state index contributed by atoms with van der Waals surface area (Å²) in [7, 11) is 0. The third kappa shape index (κ3) is 2.34. The van der Waals surface area contributed by atoms with Crippen LogP contribution in [0.5, 0.6) is 0 Å². The van der Waals surface area contributed by atoms with Gasteiger partial charge in [-0.2, -0.15) is 13.2 Å². The zero-order valence-electron chi connectivity index (χ0n) is 8.02. The van der Waals surface area contributed by atoms with Gasteiger partial charge in [-0.15, -0.1) is 0 Å². The number of hydrogen-bond donors (Lipinski definition) is 2. The molecule has 0 radical (unpaired) electrons. The number of aliphatic hydroxyl groups is 1. The van der Waals surface area contributed by atoms with E-state index in [1.165, 1.54) is 12.1 Å². The summed E-state index contributed by atoms with van der Waals surface area (Å²) in [6, 6.07) is 2.67. The first-order valence-corrected chi connectivity index (χ1v) is 5.14. The van der Waals surface area contributed by atoms with Gasteiger partial charge >= 0.3 is 6.18 Å². The average molecular weight is 285 g/mol. The molecule has 0 aliphatic heterocycles. The summed E-state index contributed by atoms with van der Waals surface area (Å²) >= 11 is 11.4. The smallest absolute Gasteiger partial charge is 0.377 e. The van der Waals surface area contributed by atoms with E-state index < -0.39 is 18.1 Å². The first kappa shape index (κ1) is 12.5. The molecule has 1 aromatic carbocycles. The molecule has 2 rings (SSSR count). The Bertz CT molecular complexity index is 528. The average Bonchev–Trinajstić information content (AvgIpc) is 2.59. The van der Waals surface area contributed by atoms with E-state index in [1.54, 1.807) is 0 Å². The van der Waals surface area contributed by atoms with Gasteiger partial charge in [-0.05, 0) is 12.1 Å². The number of halogens is 5. The van der Waals surface area contributed by atoms with Crippen LogP contribution >= 0.6 is 23.2 Å². The lowest BCUT2D eigenvalue weighted by Crippen LogP contribution is -2.21. The van der Waals surface area contributed by atoms with Gasteiger partial charge in [0.25, 0.3) is 0 Å². The molecule has 1 aromatic heterocycles. The quantitative estimate of drug-likeness (QED) is 0.842. The van der Waals surface area contributed by atoms with Gasteiger partial charge in [-0.25, -0.2) is 4.98 Å². The topological polar surface area (TPSA) is 48.9 Å². The second kappa shape index (κ2) is 4.04. The van der Waals surface area contributed by atoms with Crippen molar-refractivity contribution in [2.24, 2.45) is 0 Å². The maximum atomic E-state index is 12.3. The minimum Gasteiger partial charge on any atom is -0.377 e. The van der Waals surface area contributed by atoms with E-state index in [-0.39, 0.29) is 21.1 Å². The number of aliphatic hydroxyl groups excluding tert-OH is 1. The third-order valence-electron chi connectivity index (χ3n) is 2.11. The molecular formula is C9H5Cl2F3N2O. The van der Waals surface area contributed by atoms with Crippen molar-refractivity contribution in [3.05, 3.63) is 28.0 Å². The minimum absolute atomic E-state index is 0.179. The lowest BCUT2D eigenvalue weighted by atomic mass is 10.3. The summed E-state index contributed by atoms with van der Waals surface area (Å²) in [5, 5.41) is 9.38. The van der Waals surface area contributed by atoms with Gasteiger partial charge in [0.15, 0.2) is 0 Å². The normalized spacial score (nSPS) is 14.2. The van der Waals surface area contributed by atoms with E-state index in [4.69, 9.17) is 28.3 Å². The molecule has 1 atom stereocenters. The molecule has 3 nitrogen and oxygen atoms in total. The predicted octanol–water partition coefficient (Wildman–Crippen LogP) is 3.47. The van der Waals surface area contributed by atoms with Crippen LogP contribution in [-0.2, 0) is 0 Å². The molecule has 2 aromatic rings. The Hall–Kier alpha value is -0.980. The van der Waals surface area contributed by atoms with Gasteiger partial charge in [-0.1, -0.05) is 23.2 Å². The van der Waals surface area contributed by atoms with Crippen LogP contribution in [0.4, 0.5) is 13.2 Å². The summed E-state index contributed by atoms with van der Waals surface area (Å²) < 4.78 is 36.8. The Kier molecular flexibility index (Phi) is 2.97. The van der Waals surface area contributed by atoms with E-state index in [1.807, 2.05) is 0 Å². The van der Waals surface area contributed by atoms with Crippen LogP contribution in [-0.4, -0.2) is 21.3 Å². The molecule has 0 bridgehead atoms. The maximum Gasteiger partial charge on any atom is 0.421 e. The molecule has 0 fully saturated rings. The van der Waals surface area contributed by atoms with Crippen molar-refractivity contribution < 1.29 is 18.3 Å². The lowest BCUT2D eigenvalue weighted by molar-refractivity contribution is -0.208. The second-order valence-corrected chi connectivity index (χ2v) is 4.16. The van der Waals surface area contributed by atoms with Crippen LogP contribution in [0, 0.1) is 0 Å². The first-order valence-electron chi connectivity index (χ1n) is 4.38. The second-order valence-electron chi connectivity index (χ2n) is 3.35. The maximum absolute atomic E-state index is 12.3. The SMILES string of the molecule is O[C@@H](c1nc2cc(Cl)c(Cl)cc2[nH]1)C(F)(F)F. The van der Waals surface area contributed by atoms with Gasteiger partial charge in [0.05, 0.1) is 21.1 Å². The molecular weight excluding hydrogens is 280 g/mol. The molecule has 0 saturated carbocycles. The molecule has 8 heteroatoms. The summed E-state index contributed by atoms with van der Waals surface area (Å²) in [5.74, 6) is -0.592. The molecule has 0 saturated heterocycles. The lowest BCUT2D eigenvalue weighted by Gasteiger charge is -2.10. The Morgan fingerprint density at radius 3 is 2.41 bits per heavy atom. The number of nitrogens with zero attached hydrogens (tertiary/aromatic N) is 1. The van der Waals surface area contributed by atoms with E-state index in [0.29, 0.717) is 0 Å². The van der Waals surface area contributed by atoms with Crippen molar-refractivity contribution in [3.8, 4) is 0 Å². The molecule has 17 heavy (non-hydrogen) atoms. The van der Waals surface area contributed by atoms with Crippen LogP contribution in [0.25, 0.3) is 11.0 Å². The van der Waals surface area contributed by atoms with E-state index in [9.17, 15) is 13.2 Å². The fourth-order valence-electron chi connectivity index (χ4n) is 1.31. The zero-order chi connectivity index (χ0) is 12.8. The molecule has 0 unspecified atom stereocenters. The number of imidazole rings is 1. The number of aromatic nitrogens is 2. The van der Waals surface area contributed by atoms with Gasteiger partial charge in [0.2, 0.25) is 6.10 Å². The Labute approximate surface area is 103 Å². The minimum atomic E-state index is -4.78. The van der Waals surface area contributed by atoms with Crippen molar-refractivity contribution in [2.45, 2.75) is 12.3 Å². The Morgan fingerprint density at radius 1 is 1.24 bits per heavy atom. The number of fused-ring (bicyclic) bond motifs is 1. The number of rotatable bonds is 1. The highest BCUT2D eigenvalue weighted by molar-refractivity contribution is 6.42. The molecule has 0 spiro atoms. The monoisotopic (exact) mass is 284 g/mol. The fraction of sp³-hybridized carbons (Fsp3) is 0.222. The number of alkyl halides is 3. The number of hydrogen-bond acceptors (Lipinski definition) is 2. The van der Waals surface area contributed by atoms with Crippen LogP contribution in [0.1, 0.15) is 11.9 Å². The molecule has 1 heterocycles. The van der Waals surface area contributed by atoms with Gasteiger partial charge < -0.3 is 10.1 Å². The third-order valence-corrected chi connectivity index (χ3v) is 2.83. The number of aromatic amines is 1. The zero-order valence-corrected chi connectivity index (χ0v) is 9.53. The van der Waals surface area contributed by atoms with Gasteiger partial charge in [0.1, 0.15) is 5.82 Å². The molecule has 0 aliphatic carbocycles. The summed E-state index contributed by atoms with van der Waals surface area (Å²) in [6.45, 7) is 0. The molecule has 92 valence electrons. The summed E-state index contributed by atoms with van der Waals surface area (Å²) in [5.41, 5.74) is 0.482. The van der Waals surface area contributed by atoms with Crippen molar-refractivity contribution in [3.63, 3.8) is 0 Å². The van der Waals surface area contributed by atoms with Crippen LogP contribution in [0.2, 0.25) is 10.0 Å². The molecule has 2 N–H and O–H groups in total. The Morgan fingerprint density at radius 2 is 1.82 bits per heavy atom. The molecule has 0 aliphatic rings. The number of H-pyrrole nitrogens is 1. The molecule has 0 amide bonds. The summed E-state index contributed by atoms with van der Waals surface area (Å²) in [4.78, 5) is 5.96. The predicted molar refractivity (Wildman–Crippen MR) is 57.1 cm³/mol. The van der Waals surface area contributed by atoms with Crippen LogP contribution in [0.3, 0.4) is 0 Å². The van der Waals surface area contributed by atoms with Crippen molar-refractivity contribution in [2.75, 3.05) is 0 Å². The highest BCUT2D eigenvalue weighted by atomic mass is 35.5. The first-order chi connectivity index (χ1) is 7.79. The fourth-order valence-corrected chi connectivity index (χ4v) is 1.63. The van der Waals surface area contributed by atoms with E-state index >= 15 is 0 Å². The van der Waals surface area contributed by atoms with Gasteiger partial charge in [-0.3, -0.25) is 0 Å². The highest BCUT2D eigenvalue weighted by Gasteiger charge is 2.41. The van der Waals surface area contributed by atoms with Gasteiger partial charge in [0, 0.05) is 0 Å². The standard InChI is InChI=1S/C9H5Cl2F3N2O/c10-3-1-5-6(2-4(3)11)16-8(15-5)7(17)9(12,13)14/h1-2,7,17H,(H,15,16)/t7-/m0/s1. The number of nitrogens with one attached hydrogen (secondary N) is 1. The van der Waals surface area contributed by atoms with Crippen molar-refractivity contribution in [1.29, 1.82) is 0 Å². The van der Waals surface area contributed by atoms with Crippen molar-refractivity contribution in [1.82, 2.24) is 9.97 Å². The van der Waals surface area contributed by atoms with Crippen LogP contribution < -0.4 is 0 Å². The largest absolute Gasteiger partial charge is 0.421 e. The van der Waals surface area contributed by atoms with E-state index in [2.05, 4.69) is 9.97 Å². The highest BCUT2D eigenvalue weighted by Crippen LogP contribution is 2.33. The summed E-state index contributed by atoms with van der Waals surface area (Å²) in [6.07, 6.45) is -7.44. The number of benzene rings is 1. The Balaban J connectivity index is 2.52. The van der Waals surface area contributed by atoms with E-state index in [0.717, 1.165) is 0 Å². The van der Waals surface area contributed by atoms with Crippen LogP contribution in [0.15, 0.2) is 12.1 Å². The van der Waals surface area contributed by atoms with Crippen molar-refractivity contribution >= 4 is 34.2 Å².